The van der Waals surface area contributed by atoms with Crippen LogP contribution in [0.25, 0.3) is 0 Å². The topological polar surface area (TPSA) is 56.5 Å². The van der Waals surface area contributed by atoms with Crippen LogP contribution in [0, 0.1) is 5.82 Å². The maximum atomic E-state index is 13.5. The highest BCUT2D eigenvalue weighted by Gasteiger charge is 2.09. The molecule has 0 radical (unpaired) electrons. The lowest BCUT2D eigenvalue weighted by atomic mass is 10.2. The van der Waals surface area contributed by atoms with E-state index in [2.05, 4.69) is 5.32 Å². The third kappa shape index (κ3) is 2.88. The zero-order valence-corrected chi connectivity index (χ0v) is 11.8. The second-order valence-corrected chi connectivity index (χ2v) is 4.46. The molecule has 0 aliphatic rings. The molecule has 2 aromatic rings. The molecule has 106 valence electrons. The van der Waals surface area contributed by atoms with Gasteiger partial charge < -0.3 is 20.5 Å². The van der Waals surface area contributed by atoms with Crippen LogP contribution in [-0.4, -0.2) is 14.2 Å². The first kappa shape index (κ1) is 14.3. The molecule has 0 saturated carbocycles. The third-order valence-corrected chi connectivity index (χ3v) is 3.04. The monoisotopic (exact) mass is 296 g/mol. The van der Waals surface area contributed by atoms with Gasteiger partial charge in [-0.15, -0.1) is 0 Å². The fraction of sp³-hybridized carbons (Fsp3) is 0.143. The normalized spacial score (nSPS) is 10.2. The van der Waals surface area contributed by atoms with Gasteiger partial charge in [0.15, 0.2) is 11.5 Å². The van der Waals surface area contributed by atoms with Crippen molar-refractivity contribution < 1.29 is 13.9 Å². The Morgan fingerprint density at radius 1 is 1.10 bits per heavy atom. The van der Waals surface area contributed by atoms with Crippen molar-refractivity contribution in [3.63, 3.8) is 0 Å². The standard InChI is InChI=1S/C14H14ClFN2O2/c1-19-13-4-3-8(5-14(13)20-2)18-12-7-10(16)9(15)6-11(12)17/h3-7,18H,17H2,1-2H3. The van der Waals surface area contributed by atoms with E-state index in [4.69, 9.17) is 26.8 Å². The molecule has 0 aliphatic heterocycles. The summed E-state index contributed by atoms with van der Waals surface area (Å²) in [5, 5.41) is 2.99. The van der Waals surface area contributed by atoms with Gasteiger partial charge in [0.2, 0.25) is 0 Å². The van der Waals surface area contributed by atoms with Crippen LogP contribution in [0.4, 0.5) is 21.5 Å². The van der Waals surface area contributed by atoms with Crippen LogP contribution < -0.4 is 20.5 Å². The van der Waals surface area contributed by atoms with E-state index in [1.165, 1.54) is 19.2 Å². The number of ether oxygens (including phenoxy) is 2. The summed E-state index contributed by atoms with van der Waals surface area (Å²) in [6.07, 6.45) is 0. The maximum Gasteiger partial charge on any atom is 0.162 e. The summed E-state index contributed by atoms with van der Waals surface area (Å²) in [7, 11) is 3.09. The fourth-order valence-electron chi connectivity index (χ4n) is 1.74. The molecule has 0 heterocycles. The molecule has 2 rings (SSSR count). The van der Waals surface area contributed by atoms with Crippen molar-refractivity contribution in [2.45, 2.75) is 0 Å². The van der Waals surface area contributed by atoms with Gasteiger partial charge in [0.05, 0.1) is 30.6 Å². The zero-order valence-electron chi connectivity index (χ0n) is 11.0. The van der Waals surface area contributed by atoms with Crippen LogP contribution in [-0.2, 0) is 0 Å². The van der Waals surface area contributed by atoms with Crippen molar-refractivity contribution in [1.82, 2.24) is 0 Å². The lowest BCUT2D eigenvalue weighted by Gasteiger charge is -2.13. The molecule has 0 bridgehead atoms. The number of nitrogens with two attached hydrogens (primary N) is 1. The Morgan fingerprint density at radius 2 is 1.80 bits per heavy atom. The molecule has 4 nitrogen and oxygen atoms in total. The lowest BCUT2D eigenvalue weighted by Crippen LogP contribution is -1.98. The van der Waals surface area contributed by atoms with E-state index in [1.54, 1.807) is 25.3 Å². The van der Waals surface area contributed by atoms with Crippen molar-refractivity contribution in [3.8, 4) is 11.5 Å². The average Bonchev–Trinajstić information content (AvgIpc) is 2.44. The lowest BCUT2D eigenvalue weighted by molar-refractivity contribution is 0.355. The first-order valence-corrected chi connectivity index (χ1v) is 6.16. The number of rotatable bonds is 4. The number of anilines is 3. The van der Waals surface area contributed by atoms with Gasteiger partial charge in [-0.2, -0.15) is 0 Å². The average molecular weight is 297 g/mol. The largest absolute Gasteiger partial charge is 0.493 e. The molecule has 0 spiro atoms. The second-order valence-electron chi connectivity index (χ2n) is 4.05. The Balaban J connectivity index is 2.33. The number of hydrogen-bond donors (Lipinski definition) is 2. The fourth-order valence-corrected chi connectivity index (χ4v) is 1.91. The van der Waals surface area contributed by atoms with Gasteiger partial charge in [-0.3, -0.25) is 0 Å². The van der Waals surface area contributed by atoms with Crippen LogP contribution in [0.1, 0.15) is 0 Å². The molecule has 20 heavy (non-hydrogen) atoms. The SMILES string of the molecule is COc1ccc(Nc2cc(F)c(Cl)cc2N)cc1OC. The summed E-state index contributed by atoms with van der Waals surface area (Å²) in [6, 6.07) is 7.84. The Morgan fingerprint density at radius 3 is 2.45 bits per heavy atom. The minimum Gasteiger partial charge on any atom is -0.493 e. The number of nitrogen functional groups attached to an aromatic ring is 1. The molecule has 0 aliphatic carbocycles. The highest BCUT2D eigenvalue weighted by atomic mass is 35.5. The molecule has 0 unspecified atom stereocenters. The van der Waals surface area contributed by atoms with Gasteiger partial charge in [0.1, 0.15) is 5.82 Å². The van der Waals surface area contributed by atoms with E-state index in [9.17, 15) is 4.39 Å². The van der Waals surface area contributed by atoms with E-state index in [1.807, 2.05) is 0 Å². The molecular formula is C14H14ClFN2O2. The highest BCUT2D eigenvalue weighted by Crippen LogP contribution is 2.33. The molecule has 3 N–H and O–H groups in total. The minimum atomic E-state index is -0.538. The van der Waals surface area contributed by atoms with Gasteiger partial charge >= 0.3 is 0 Å². The maximum absolute atomic E-state index is 13.5. The van der Waals surface area contributed by atoms with Crippen LogP contribution >= 0.6 is 11.6 Å². The van der Waals surface area contributed by atoms with E-state index >= 15 is 0 Å². The first-order valence-electron chi connectivity index (χ1n) is 5.78. The summed E-state index contributed by atoms with van der Waals surface area (Å²) in [5.74, 6) is 0.627. The molecule has 0 atom stereocenters. The number of halogens is 2. The molecular weight excluding hydrogens is 283 g/mol. The van der Waals surface area contributed by atoms with Gasteiger partial charge in [-0.1, -0.05) is 11.6 Å². The van der Waals surface area contributed by atoms with E-state index in [0.29, 0.717) is 28.6 Å². The van der Waals surface area contributed by atoms with Crippen molar-refractivity contribution in [3.05, 3.63) is 41.2 Å². The quantitative estimate of drug-likeness (QED) is 0.842. The Bertz CT molecular complexity index is 635. The molecule has 6 heteroatoms. The van der Waals surface area contributed by atoms with Crippen molar-refractivity contribution in [2.75, 3.05) is 25.3 Å². The van der Waals surface area contributed by atoms with Gasteiger partial charge in [-0.05, 0) is 18.2 Å². The Labute approximate surface area is 121 Å². The summed E-state index contributed by atoms with van der Waals surface area (Å²) < 4.78 is 23.8. The minimum absolute atomic E-state index is 0.0136. The molecule has 0 aromatic heterocycles. The van der Waals surface area contributed by atoms with Gasteiger partial charge in [0.25, 0.3) is 0 Å². The Hall–Kier alpha value is -2.14. The van der Waals surface area contributed by atoms with Crippen LogP contribution in [0.3, 0.4) is 0 Å². The predicted octanol–water partition coefficient (Wildman–Crippen LogP) is 3.82. The summed E-state index contributed by atoms with van der Waals surface area (Å²) in [6.45, 7) is 0. The van der Waals surface area contributed by atoms with Crippen LogP contribution in [0.5, 0.6) is 11.5 Å². The van der Waals surface area contributed by atoms with Crippen molar-refractivity contribution in [1.29, 1.82) is 0 Å². The third-order valence-electron chi connectivity index (χ3n) is 2.75. The summed E-state index contributed by atoms with van der Waals surface area (Å²) in [5.41, 5.74) is 7.27. The number of benzene rings is 2. The van der Waals surface area contributed by atoms with E-state index in [0.717, 1.165) is 0 Å². The Kier molecular flexibility index (Phi) is 4.20. The van der Waals surface area contributed by atoms with E-state index < -0.39 is 5.82 Å². The summed E-state index contributed by atoms with van der Waals surface area (Å²) >= 11 is 5.66. The zero-order chi connectivity index (χ0) is 14.7. The summed E-state index contributed by atoms with van der Waals surface area (Å²) in [4.78, 5) is 0. The number of hydrogen-bond acceptors (Lipinski definition) is 4. The van der Waals surface area contributed by atoms with Crippen molar-refractivity contribution in [2.24, 2.45) is 0 Å². The van der Waals surface area contributed by atoms with Crippen LogP contribution in [0.15, 0.2) is 30.3 Å². The molecule has 2 aromatic carbocycles. The highest BCUT2D eigenvalue weighted by molar-refractivity contribution is 6.31. The van der Waals surface area contributed by atoms with E-state index in [-0.39, 0.29) is 5.02 Å². The molecule has 0 amide bonds. The number of methoxy groups -OCH3 is 2. The van der Waals surface area contributed by atoms with Gasteiger partial charge in [-0.25, -0.2) is 4.39 Å². The van der Waals surface area contributed by atoms with Crippen molar-refractivity contribution >= 4 is 28.7 Å². The smallest absolute Gasteiger partial charge is 0.162 e. The second kappa shape index (κ2) is 5.88. The predicted molar refractivity (Wildman–Crippen MR) is 78.7 cm³/mol. The molecule has 0 saturated heterocycles. The van der Waals surface area contributed by atoms with Gasteiger partial charge in [0, 0.05) is 17.8 Å². The number of nitrogens with one attached hydrogen (secondary N) is 1. The molecule has 0 fully saturated rings. The first-order chi connectivity index (χ1) is 9.55. The van der Waals surface area contributed by atoms with Crippen LogP contribution in [0.2, 0.25) is 5.02 Å².